The average molecular weight is 417 g/mol. The van der Waals surface area contributed by atoms with Crippen LogP contribution in [0.25, 0.3) is 21.5 Å². The largest absolute Gasteiger partial charge is 0.488 e. The Morgan fingerprint density at radius 1 is 0.933 bits per heavy atom. The van der Waals surface area contributed by atoms with Crippen LogP contribution >= 0.6 is 11.6 Å². The van der Waals surface area contributed by atoms with Crippen molar-refractivity contribution in [3.63, 3.8) is 0 Å². The Balaban J connectivity index is 1.75. The second kappa shape index (κ2) is 8.60. The first-order valence-corrected chi connectivity index (χ1v) is 10.1. The summed E-state index contributed by atoms with van der Waals surface area (Å²) in [5.74, 6) is 0.274. The zero-order valence-electron chi connectivity index (χ0n) is 16.6. The molecule has 1 atom stereocenters. The van der Waals surface area contributed by atoms with Gasteiger partial charge in [-0.3, -0.25) is 0 Å². The fourth-order valence-corrected chi connectivity index (χ4v) is 3.58. The summed E-state index contributed by atoms with van der Waals surface area (Å²) in [5.41, 5.74) is 1.20. The van der Waals surface area contributed by atoms with E-state index in [1.54, 1.807) is 6.92 Å². The first kappa shape index (κ1) is 20.0. The van der Waals surface area contributed by atoms with Crippen LogP contribution in [0.15, 0.2) is 91.0 Å². The van der Waals surface area contributed by atoms with Gasteiger partial charge in [-0.25, -0.2) is 4.79 Å². The van der Waals surface area contributed by atoms with Crippen LogP contribution in [0.2, 0.25) is 5.02 Å². The maximum absolute atomic E-state index is 12.2. The molecule has 3 nitrogen and oxygen atoms in total. The molecule has 0 N–H and O–H groups in total. The molecule has 150 valence electrons. The lowest BCUT2D eigenvalue weighted by Crippen LogP contribution is -2.18. The molecule has 0 amide bonds. The molecule has 0 fully saturated rings. The monoisotopic (exact) mass is 416 g/mol. The third-order valence-electron chi connectivity index (χ3n) is 4.92. The molecule has 0 bridgehead atoms. The number of benzene rings is 4. The standard InChI is InChI=1S/C26H21ClO3/c1-17(2)26(28)30-24(18-8-4-3-5-9-18)16-29-25-22-11-7-6-10-19(22)14-20-12-13-21(27)15-23(20)25/h3-15,24H,1,16H2,2H3. The Morgan fingerprint density at radius 3 is 2.40 bits per heavy atom. The molecule has 1 unspecified atom stereocenters. The van der Waals surface area contributed by atoms with Gasteiger partial charge in [0.25, 0.3) is 0 Å². The minimum Gasteiger partial charge on any atom is -0.488 e. The van der Waals surface area contributed by atoms with Gasteiger partial charge in [0.05, 0.1) is 0 Å². The van der Waals surface area contributed by atoms with Crippen LogP contribution in [-0.4, -0.2) is 12.6 Å². The van der Waals surface area contributed by atoms with Gasteiger partial charge in [-0.1, -0.05) is 78.8 Å². The van der Waals surface area contributed by atoms with Crippen molar-refractivity contribution in [3.05, 3.63) is 102 Å². The number of esters is 1. The minimum absolute atomic E-state index is 0.165. The normalized spacial score (nSPS) is 11.9. The molecule has 0 saturated carbocycles. The molecule has 4 aromatic rings. The summed E-state index contributed by atoms with van der Waals surface area (Å²) in [6, 6.07) is 25.5. The third-order valence-corrected chi connectivity index (χ3v) is 5.16. The van der Waals surface area contributed by atoms with Crippen molar-refractivity contribution in [2.24, 2.45) is 0 Å². The Kier molecular flexibility index (Phi) is 5.73. The molecular weight excluding hydrogens is 396 g/mol. The van der Waals surface area contributed by atoms with Crippen molar-refractivity contribution >= 4 is 39.1 Å². The SMILES string of the molecule is C=C(C)C(=O)OC(COc1c2ccccc2cc2ccc(Cl)cc12)c1ccccc1. The lowest BCUT2D eigenvalue weighted by Gasteiger charge is -2.21. The van der Waals surface area contributed by atoms with E-state index in [9.17, 15) is 4.79 Å². The van der Waals surface area contributed by atoms with E-state index in [2.05, 4.69) is 12.6 Å². The van der Waals surface area contributed by atoms with Gasteiger partial charge in [0.2, 0.25) is 0 Å². The van der Waals surface area contributed by atoms with E-state index in [0.29, 0.717) is 10.6 Å². The second-order valence-electron chi connectivity index (χ2n) is 7.19. The topological polar surface area (TPSA) is 35.5 Å². The lowest BCUT2D eigenvalue weighted by atomic mass is 10.0. The Bertz CT molecular complexity index is 1230. The number of carbonyl (C=O) groups is 1. The molecule has 30 heavy (non-hydrogen) atoms. The summed E-state index contributed by atoms with van der Waals surface area (Å²) in [7, 11) is 0. The van der Waals surface area contributed by atoms with Crippen molar-refractivity contribution in [3.8, 4) is 5.75 Å². The molecule has 0 aliphatic carbocycles. The number of fused-ring (bicyclic) bond motifs is 2. The van der Waals surface area contributed by atoms with Crippen LogP contribution in [0.3, 0.4) is 0 Å². The zero-order valence-corrected chi connectivity index (χ0v) is 17.4. The number of halogens is 1. The highest BCUT2D eigenvalue weighted by Gasteiger charge is 2.19. The van der Waals surface area contributed by atoms with E-state index in [1.165, 1.54) is 0 Å². The van der Waals surface area contributed by atoms with E-state index >= 15 is 0 Å². The zero-order chi connectivity index (χ0) is 21.1. The van der Waals surface area contributed by atoms with Crippen LogP contribution < -0.4 is 4.74 Å². The first-order valence-electron chi connectivity index (χ1n) is 9.68. The molecule has 0 aliphatic rings. The number of hydrogen-bond donors (Lipinski definition) is 0. The van der Waals surface area contributed by atoms with E-state index in [1.807, 2.05) is 72.8 Å². The number of carbonyl (C=O) groups excluding carboxylic acids is 1. The fourth-order valence-electron chi connectivity index (χ4n) is 3.40. The van der Waals surface area contributed by atoms with Crippen LogP contribution in [0.1, 0.15) is 18.6 Å². The molecule has 4 heteroatoms. The molecule has 4 rings (SSSR count). The van der Waals surface area contributed by atoms with Crippen LogP contribution in [-0.2, 0) is 9.53 Å². The number of ether oxygens (including phenoxy) is 2. The van der Waals surface area contributed by atoms with Gasteiger partial charge in [0.1, 0.15) is 12.4 Å². The molecule has 0 radical (unpaired) electrons. The minimum atomic E-state index is -0.566. The molecular formula is C26H21ClO3. The first-order chi connectivity index (χ1) is 14.5. The highest BCUT2D eigenvalue weighted by molar-refractivity contribution is 6.31. The van der Waals surface area contributed by atoms with Gasteiger partial charge in [-0.15, -0.1) is 0 Å². The van der Waals surface area contributed by atoms with E-state index in [-0.39, 0.29) is 6.61 Å². The summed E-state index contributed by atoms with van der Waals surface area (Å²) in [6.45, 7) is 5.48. The van der Waals surface area contributed by atoms with E-state index < -0.39 is 12.1 Å². The van der Waals surface area contributed by atoms with Crippen molar-refractivity contribution < 1.29 is 14.3 Å². The van der Waals surface area contributed by atoms with Crippen LogP contribution in [0.5, 0.6) is 5.75 Å². The second-order valence-corrected chi connectivity index (χ2v) is 7.62. The summed E-state index contributed by atoms with van der Waals surface area (Å²) in [6.07, 6.45) is -0.566. The molecule has 4 aromatic carbocycles. The van der Waals surface area contributed by atoms with Crippen molar-refractivity contribution in [1.82, 2.24) is 0 Å². The Hall–Kier alpha value is -3.30. The summed E-state index contributed by atoms with van der Waals surface area (Å²) in [4.78, 5) is 12.2. The van der Waals surface area contributed by atoms with E-state index in [4.69, 9.17) is 21.1 Å². The van der Waals surface area contributed by atoms with Crippen molar-refractivity contribution in [2.45, 2.75) is 13.0 Å². The number of rotatable bonds is 6. The molecule has 0 aromatic heterocycles. The number of hydrogen-bond acceptors (Lipinski definition) is 3. The molecule has 0 saturated heterocycles. The average Bonchev–Trinajstić information content (AvgIpc) is 2.76. The van der Waals surface area contributed by atoms with Gasteiger partial charge < -0.3 is 9.47 Å². The maximum Gasteiger partial charge on any atom is 0.333 e. The maximum atomic E-state index is 12.2. The van der Waals surface area contributed by atoms with Crippen LogP contribution in [0, 0.1) is 0 Å². The van der Waals surface area contributed by atoms with Gasteiger partial charge in [-0.2, -0.15) is 0 Å². The summed E-state index contributed by atoms with van der Waals surface area (Å²) < 4.78 is 12.0. The van der Waals surface area contributed by atoms with Crippen LogP contribution in [0.4, 0.5) is 0 Å². The summed E-state index contributed by atoms with van der Waals surface area (Å²) >= 11 is 6.27. The third kappa shape index (κ3) is 4.17. The molecule has 0 aliphatic heterocycles. The highest BCUT2D eigenvalue weighted by Crippen LogP contribution is 2.37. The predicted molar refractivity (Wildman–Crippen MR) is 122 cm³/mol. The Labute approximate surface area is 180 Å². The van der Waals surface area contributed by atoms with E-state index in [0.717, 1.165) is 32.9 Å². The smallest absolute Gasteiger partial charge is 0.333 e. The van der Waals surface area contributed by atoms with Crippen molar-refractivity contribution in [1.29, 1.82) is 0 Å². The predicted octanol–water partition coefficient (Wildman–Crippen LogP) is 6.89. The summed E-state index contributed by atoms with van der Waals surface area (Å²) in [5, 5.41) is 4.63. The van der Waals surface area contributed by atoms with Gasteiger partial charge in [0.15, 0.2) is 6.10 Å². The molecule has 0 heterocycles. The fraction of sp³-hybridized carbons (Fsp3) is 0.115. The van der Waals surface area contributed by atoms with Gasteiger partial charge in [0, 0.05) is 21.4 Å². The Morgan fingerprint density at radius 2 is 1.63 bits per heavy atom. The van der Waals surface area contributed by atoms with Gasteiger partial charge >= 0.3 is 5.97 Å². The quantitative estimate of drug-likeness (QED) is 0.195. The lowest BCUT2D eigenvalue weighted by molar-refractivity contribution is -0.146. The molecule has 0 spiro atoms. The van der Waals surface area contributed by atoms with Crippen molar-refractivity contribution in [2.75, 3.05) is 6.61 Å². The van der Waals surface area contributed by atoms with Gasteiger partial charge in [-0.05, 0) is 41.5 Å². The highest BCUT2D eigenvalue weighted by atomic mass is 35.5.